The molecule has 4 rings (SSSR count). The van der Waals surface area contributed by atoms with E-state index < -0.39 is 10.0 Å². The maximum Gasteiger partial charge on any atom is 0.264 e. The van der Waals surface area contributed by atoms with E-state index in [1.807, 2.05) is 36.1 Å². The summed E-state index contributed by atoms with van der Waals surface area (Å²) < 4.78 is 33.8. The van der Waals surface area contributed by atoms with Crippen molar-refractivity contribution in [3.63, 3.8) is 0 Å². The molecule has 0 spiro atoms. The van der Waals surface area contributed by atoms with Crippen molar-refractivity contribution in [3.05, 3.63) is 53.6 Å². The number of rotatable bonds is 6. The highest BCUT2D eigenvalue weighted by atomic mass is 32.2. The van der Waals surface area contributed by atoms with Crippen molar-refractivity contribution in [1.82, 2.24) is 4.90 Å². The quantitative estimate of drug-likeness (QED) is 0.671. The monoisotopic (exact) mass is 442 g/mol. The lowest BCUT2D eigenvalue weighted by atomic mass is 9.93. The van der Waals surface area contributed by atoms with Gasteiger partial charge in [0.2, 0.25) is 0 Å². The fourth-order valence-electron chi connectivity index (χ4n) is 4.81. The van der Waals surface area contributed by atoms with Crippen LogP contribution in [0.5, 0.6) is 5.75 Å². The van der Waals surface area contributed by atoms with Gasteiger partial charge < -0.3 is 9.64 Å². The zero-order valence-electron chi connectivity index (χ0n) is 18.2. The molecule has 2 aromatic carbocycles. The molecule has 2 aromatic rings. The molecule has 0 bridgehead atoms. The summed E-state index contributed by atoms with van der Waals surface area (Å²) >= 11 is 0. The standard InChI is InChI=1S/C24H30N2O4S/c1-3-25(19-10-5-4-6-11-19)24(27)21-17-20(13-14-23(21)30-2)31(28,29)26-16-15-18-9-7-8-12-22(18)26/h7-9,12-14,17,19H,3-6,10-11,15-16H2,1-2H3. The Morgan fingerprint density at radius 3 is 2.58 bits per heavy atom. The van der Waals surface area contributed by atoms with Gasteiger partial charge >= 0.3 is 0 Å². The first kappa shape index (κ1) is 21.7. The first-order valence-electron chi connectivity index (χ1n) is 11.1. The Balaban J connectivity index is 1.70. The molecule has 1 heterocycles. The van der Waals surface area contributed by atoms with E-state index in [0.717, 1.165) is 31.2 Å². The van der Waals surface area contributed by atoms with Crippen molar-refractivity contribution in [2.75, 3.05) is 24.5 Å². The number of ether oxygens (including phenoxy) is 1. The predicted molar refractivity (Wildman–Crippen MR) is 121 cm³/mol. The second kappa shape index (κ2) is 8.91. The first-order chi connectivity index (χ1) is 15.0. The van der Waals surface area contributed by atoms with Gasteiger partial charge in [-0.1, -0.05) is 37.5 Å². The Hall–Kier alpha value is -2.54. The van der Waals surface area contributed by atoms with Crippen LogP contribution in [0.3, 0.4) is 0 Å². The number of fused-ring (bicyclic) bond motifs is 1. The number of carbonyl (C=O) groups is 1. The average molecular weight is 443 g/mol. The van der Waals surface area contributed by atoms with Crippen LogP contribution in [0.15, 0.2) is 47.4 Å². The lowest BCUT2D eigenvalue weighted by molar-refractivity contribution is 0.0644. The summed E-state index contributed by atoms with van der Waals surface area (Å²) in [4.78, 5) is 15.5. The Kier molecular flexibility index (Phi) is 6.23. The molecule has 1 saturated carbocycles. The van der Waals surface area contributed by atoms with Crippen LogP contribution in [-0.4, -0.2) is 45.5 Å². The van der Waals surface area contributed by atoms with Gasteiger partial charge in [0.15, 0.2) is 0 Å². The summed E-state index contributed by atoms with van der Waals surface area (Å²) in [7, 11) is -2.28. The summed E-state index contributed by atoms with van der Waals surface area (Å²) in [6, 6.07) is 12.4. The number of hydrogen-bond acceptors (Lipinski definition) is 4. The number of carbonyl (C=O) groups excluding carboxylic acids is 1. The lowest BCUT2D eigenvalue weighted by Crippen LogP contribution is -2.41. The first-order valence-corrected chi connectivity index (χ1v) is 12.5. The van der Waals surface area contributed by atoms with Gasteiger partial charge in [-0.2, -0.15) is 0 Å². The molecule has 1 aliphatic carbocycles. The highest BCUT2D eigenvalue weighted by molar-refractivity contribution is 7.92. The smallest absolute Gasteiger partial charge is 0.264 e. The zero-order valence-corrected chi connectivity index (χ0v) is 19.0. The largest absolute Gasteiger partial charge is 0.496 e. The fraction of sp³-hybridized carbons (Fsp3) is 0.458. The van der Waals surface area contributed by atoms with Gasteiger partial charge in [-0.3, -0.25) is 9.10 Å². The molecule has 1 fully saturated rings. The summed E-state index contributed by atoms with van der Waals surface area (Å²) in [5.41, 5.74) is 2.04. The van der Waals surface area contributed by atoms with Gasteiger partial charge in [0.1, 0.15) is 5.75 Å². The average Bonchev–Trinajstić information content (AvgIpc) is 3.25. The molecular formula is C24H30N2O4S. The van der Waals surface area contributed by atoms with Crippen molar-refractivity contribution >= 4 is 21.6 Å². The van der Waals surface area contributed by atoms with Crippen LogP contribution >= 0.6 is 0 Å². The second-order valence-electron chi connectivity index (χ2n) is 8.20. The van der Waals surface area contributed by atoms with Gasteiger partial charge in [-0.25, -0.2) is 8.42 Å². The molecule has 0 saturated heterocycles. The Bertz CT molecular complexity index is 1060. The van der Waals surface area contributed by atoms with Crippen LogP contribution in [0.2, 0.25) is 0 Å². The second-order valence-corrected chi connectivity index (χ2v) is 10.1. The molecule has 1 aliphatic heterocycles. The summed E-state index contributed by atoms with van der Waals surface area (Å²) in [6.07, 6.45) is 6.11. The van der Waals surface area contributed by atoms with Crippen molar-refractivity contribution < 1.29 is 17.9 Å². The highest BCUT2D eigenvalue weighted by Gasteiger charge is 2.33. The van der Waals surface area contributed by atoms with Crippen molar-refractivity contribution in [1.29, 1.82) is 0 Å². The predicted octanol–water partition coefficient (Wildman–Crippen LogP) is 4.24. The Morgan fingerprint density at radius 1 is 1.13 bits per heavy atom. The van der Waals surface area contributed by atoms with Crippen LogP contribution in [-0.2, 0) is 16.4 Å². The number of nitrogens with zero attached hydrogens (tertiary/aromatic N) is 2. The number of amides is 1. The number of anilines is 1. The fourth-order valence-corrected chi connectivity index (χ4v) is 6.34. The van der Waals surface area contributed by atoms with Crippen LogP contribution < -0.4 is 9.04 Å². The summed E-state index contributed by atoms with van der Waals surface area (Å²) in [5.74, 6) is 0.241. The zero-order chi connectivity index (χ0) is 22.0. The lowest BCUT2D eigenvalue weighted by Gasteiger charge is -2.34. The maximum absolute atomic E-state index is 13.5. The third-order valence-electron chi connectivity index (χ3n) is 6.45. The molecular weight excluding hydrogens is 412 g/mol. The molecule has 0 unspecified atom stereocenters. The molecule has 1 amide bonds. The highest BCUT2D eigenvalue weighted by Crippen LogP contribution is 2.34. The normalized spacial score (nSPS) is 16.8. The van der Waals surface area contributed by atoms with Crippen molar-refractivity contribution in [2.24, 2.45) is 0 Å². The van der Waals surface area contributed by atoms with Crippen LogP contribution in [0.1, 0.15) is 54.9 Å². The number of benzene rings is 2. The summed E-state index contributed by atoms with van der Waals surface area (Å²) in [6.45, 7) is 2.96. The number of sulfonamides is 1. The van der Waals surface area contributed by atoms with E-state index in [1.54, 1.807) is 6.07 Å². The van der Waals surface area contributed by atoms with Crippen molar-refractivity contribution in [2.45, 2.75) is 56.4 Å². The van der Waals surface area contributed by atoms with Gasteiger partial charge in [0.25, 0.3) is 15.9 Å². The Morgan fingerprint density at radius 2 is 1.87 bits per heavy atom. The molecule has 31 heavy (non-hydrogen) atoms. The number of methoxy groups -OCH3 is 1. The minimum Gasteiger partial charge on any atom is -0.496 e. The minimum absolute atomic E-state index is 0.119. The molecule has 0 atom stereocenters. The molecule has 0 aromatic heterocycles. The molecule has 0 N–H and O–H groups in total. The number of para-hydroxylation sites is 1. The van der Waals surface area contributed by atoms with Gasteiger partial charge in [-0.15, -0.1) is 0 Å². The van der Waals surface area contributed by atoms with Gasteiger partial charge in [0.05, 0.1) is 23.3 Å². The summed E-state index contributed by atoms with van der Waals surface area (Å²) in [5, 5.41) is 0. The van der Waals surface area contributed by atoms with E-state index in [4.69, 9.17) is 4.74 Å². The topological polar surface area (TPSA) is 66.9 Å². The third kappa shape index (κ3) is 4.03. The van der Waals surface area contributed by atoms with Gasteiger partial charge in [0, 0.05) is 19.1 Å². The van der Waals surface area contributed by atoms with Gasteiger partial charge in [-0.05, 0) is 56.0 Å². The van der Waals surface area contributed by atoms with Crippen LogP contribution in [0, 0.1) is 0 Å². The van der Waals surface area contributed by atoms with E-state index in [2.05, 4.69) is 0 Å². The molecule has 7 heteroatoms. The van der Waals surface area contributed by atoms with E-state index in [9.17, 15) is 13.2 Å². The molecule has 2 aliphatic rings. The SMILES string of the molecule is CCN(C(=O)c1cc(S(=O)(=O)N2CCc3ccccc32)ccc1OC)C1CCCCC1. The van der Waals surface area contributed by atoms with Crippen LogP contribution in [0.4, 0.5) is 5.69 Å². The Labute approximate surface area is 184 Å². The van der Waals surface area contributed by atoms with Crippen molar-refractivity contribution in [3.8, 4) is 5.75 Å². The molecule has 166 valence electrons. The maximum atomic E-state index is 13.5. The van der Waals surface area contributed by atoms with E-state index in [1.165, 1.54) is 30.0 Å². The minimum atomic E-state index is -3.78. The van der Waals surface area contributed by atoms with E-state index in [-0.39, 0.29) is 16.8 Å². The van der Waals surface area contributed by atoms with Crippen LogP contribution in [0.25, 0.3) is 0 Å². The van der Waals surface area contributed by atoms with E-state index in [0.29, 0.717) is 36.5 Å². The van der Waals surface area contributed by atoms with E-state index >= 15 is 0 Å². The molecule has 6 nitrogen and oxygen atoms in total. The molecule has 0 radical (unpaired) electrons. The third-order valence-corrected chi connectivity index (χ3v) is 8.26. The number of hydrogen-bond donors (Lipinski definition) is 0.